The molecule has 1 aromatic heterocycles. The first-order valence-electron chi connectivity index (χ1n) is 4.73. The largest absolute Gasteiger partial charge is 0.478 e. The van der Waals surface area contributed by atoms with Crippen LogP contribution in [-0.4, -0.2) is 16.9 Å². The molecule has 2 rings (SSSR count). The van der Waals surface area contributed by atoms with Gasteiger partial charge in [0.1, 0.15) is 0 Å². The molecular formula is C11H10O3S. The average molecular weight is 222 g/mol. The number of rotatable bonds is 1. The molecular weight excluding hydrogens is 212 g/mol. The smallest absolute Gasteiger partial charge is 0.328 e. The number of aliphatic carboxylic acids is 1. The molecule has 0 amide bonds. The van der Waals surface area contributed by atoms with E-state index < -0.39 is 5.97 Å². The van der Waals surface area contributed by atoms with E-state index in [1.54, 1.807) is 17.4 Å². The summed E-state index contributed by atoms with van der Waals surface area (Å²) in [6, 6.07) is 1.78. The van der Waals surface area contributed by atoms with Gasteiger partial charge in [-0.15, -0.1) is 11.3 Å². The summed E-state index contributed by atoms with van der Waals surface area (Å²) in [5.41, 5.74) is 1.10. The van der Waals surface area contributed by atoms with Crippen LogP contribution in [0, 0.1) is 0 Å². The van der Waals surface area contributed by atoms with Gasteiger partial charge in [-0.05, 0) is 30.7 Å². The van der Waals surface area contributed by atoms with E-state index in [0.717, 1.165) is 23.8 Å². The van der Waals surface area contributed by atoms with Crippen molar-refractivity contribution in [2.45, 2.75) is 19.3 Å². The molecule has 0 saturated heterocycles. The first-order chi connectivity index (χ1) is 7.18. The van der Waals surface area contributed by atoms with Gasteiger partial charge < -0.3 is 5.11 Å². The molecule has 1 aliphatic rings. The van der Waals surface area contributed by atoms with Crippen LogP contribution in [0.15, 0.2) is 23.1 Å². The number of Topliss-reactive ketones (excluding diaryl/α,β-unsaturated/α-hetero) is 1. The van der Waals surface area contributed by atoms with Crippen molar-refractivity contribution in [2.75, 3.05) is 0 Å². The number of carboxylic acid groups (broad SMARTS) is 1. The summed E-state index contributed by atoms with van der Waals surface area (Å²) < 4.78 is 0. The second kappa shape index (κ2) is 3.98. The fourth-order valence-electron chi connectivity index (χ4n) is 1.75. The first-order valence-corrected chi connectivity index (χ1v) is 5.61. The Morgan fingerprint density at radius 2 is 2.27 bits per heavy atom. The molecule has 15 heavy (non-hydrogen) atoms. The Morgan fingerprint density at radius 3 is 3.00 bits per heavy atom. The van der Waals surface area contributed by atoms with E-state index in [-0.39, 0.29) is 5.78 Å². The zero-order valence-corrected chi connectivity index (χ0v) is 8.84. The lowest BCUT2D eigenvalue weighted by Crippen LogP contribution is -2.04. The minimum Gasteiger partial charge on any atom is -0.478 e. The van der Waals surface area contributed by atoms with Crippen LogP contribution in [0.5, 0.6) is 0 Å². The second-order valence-corrected chi connectivity index (χ2v) is 4.45. The highest BCUT2D eigenvalue weighted by Crippen LogP contribution is 2.27. The third kappa shape index (κ3) is 1.99. The van der Waals surface area contributed by atoms with Crippen LogP contribution in [0.4, 0.5) is 0 Å². The van der Waals surface area contributed by atoms with Crippen molar-refractivity contribution in [2.24, 2.45) is 0 Å². The molecule has 0 aliphatic heterocycles. The van der Waals surface area contributed by atoms with Gasteiger partial charge in [0.15, 0.2) is 5.78 Å². The van der Waals surface area contributed by atoms with Gasteiger partial charge in [-0.25, -0.2) is 4.79 Å². The topological polar surface area (TPSA) is 54.4 Å². The molecule has 4 heteroatoms. The molecule has 1 heterocycles. The van der Waals surface area contributed by atoms with E-state index in [9.17, 15) is 9.59 Å². The highest BCUT2D eigenvalue weighted by molar-refractivity contribution is 7.10. The molecule has 78 valence electrons. The van der Waals surface area contributed by atoms with E-state index in [0.29, 0.717) is 17.6 Å². The zero-order valence-electron chi connectivity index (χ0n) is 8.03. The Bertz CT molecular complexity index is 442. The van der Waals surface area contributed by atoms with Crippen LogP contribution in [0.25, 0.3) is 0 Å². The lowest BCUT2D eigenvalue weighted by molar-refractivity contribution is -0.131. The third-order valence-electron chi connectivity index (χ3n) is 2.43. The molecule has 0 fully saturated rings. The van der Waals surface area contributed by atoms with E-state index in [1.807, 2.05) is 5.38 Å². The molecule has 0 radical (unpaired) electrons. The van der Waals surface area contributed by atoms with Crippen LogP contribution in [0.2, 0.25) is 0 Å². The summed E-state index contributed by atoms with van der Waals surface area (Å²) in [6.45, 7) is 0. The van der Waals surface area contributed by atoms with Crippen LogP contribution < -0.4 is 0 Å². The predicted molar refractivity (Wildman–Crippen MR) is 57.3 cm³/mol. The molecule has 1 N–H and O–H groups in total. The van der Waals surface area contributed by atoms with Gasteiger partial charge in [-0.2, -0.15) is 0 Å². The van der Waals surface area contributed by atoms with Crippen molar-refractivity contribution < 1.29 is 14.7 Å². The number of thiophene rings is 1. The monoisotopic (exact) mass is 222 g/mol. The fraction of sp³-hybridized carbons (Fsp3) is 0.273. The molecule has 0 saturated carbocycles. The van der Waals surface area contributed by atoms with Gasteiger partial charge in [-0.1, -0.05) is 0 Å². The highest BCUT2D eigenvalue weighted by Gasteiger charge is 2.21. The maximum Gasteiger partial charge on any atom is 0.328 e. The Morgan fingerprint density at radius 1 is 1.47 bits per heavy atom. The molecule has 0 spiro atoms. The molecule has 0 atom stereocenters. The Labute approximate surface area is 91.0 Å². The summed E-state index contributed by atoms with van der Waals surface area (Å²) in [4.78, 5) is 23.5. The van der Waals surface area contributed by atoms with Gasteiger partial charge in [0.2, 0.25) is 0 Å². The van der Waals surface area contributed by atoms with Gasteiger partial charge in [0.05, 0.1) is 0 Å². The van der Waals surface area contributed by atoms with Crippen LogP contribution in [-0.2, 0) is 11.2 Å². The number of fused-ring (bicyclic) bond motifs is 1. The average Bonchev–Trinajstić information content (AvgIpc) is 2.58. The van der Waals surface area contributed by atoms with E-state index in [1.165, 1.54) is 0 Å². The van der Waals surface area contributed by atoms with E-state index in [2.05, 4.69) is 0 Å². The number of ketones is 1. The van der Waals surface area contributed by atoms with Crippen molar-refractivity contribution in [1.29, 1.82) is 0 Å². The van der Waals surface area contributed by atoms with Crippen molar-refractivity contribution in [3.63, 3.8) is 0 Å². The standard InChI is InChI=1S/C11H10O3S/c12-10(13)6-7-2-1-3-9-8(11(7)14)4-5-15-9/h4-6H,1-3H2,(H,12,13)/b7-6-. The minimum absolute atomic E-state index is 0.119. The number of carbonyl (C=O) groups excluding carboxylic acids is 1. The van der Waals surface area contributed by atoms with Crippen molar-refractivity contribution >= 4 is 23.1 Å². The maximum absolute atomic E-state index is 11.9. The lowest BCUT2D eigenvalue weighted by Gasteiger charge is -1.99. The van der Waals surface area contributed by atoms with E-state index in [4.69, 9.17) is 5.11 Å². The summed E-state index contributed by atoms with van der Waals surface area (Å²) in [6.07, 6.45) is 3.32. The van der Waals surface area contributed by atoms with Crippen molar-refractivity contribution in [1.82, 2.24) is 0 Å². The quantitative estimate of drug-likeness (QED) is 0.586. The number of allylic oxidation sites excluding steroid dienone is 1. The van der Waals surface area contributed by atoms with Gasteiger partial charge >= 0.3 is 5.97 Å². The van der Waals surface area contributed by atoms with E-state index >= 15 is 0 Å². The number of hydrogen-bond acceptors (Lipinski definition) is 3. The lowest BCUT2D eigenvalue weighted by atomic mass is 10.0. The highest BCUT2D eigenvalue weighted by atomic mass is 32.1. The number of hydrogen-bond donors (Lipinski definition) is 1. The van der Waals surface area contributed by atoms with Gasteiger partial charge in [-0.3, -0.25) is 4.79 Å². The van der Waals surface area contributed by atoms with Gasteiger partial charge in [0, 0.05) is 22.1 Å². The summed E-state index contributed by atoms with van der Waals surface area (Å²) >= 11 is 1.57. The number of aryl methyl sites for hydroxylation is 1. The summed E-state index contributed by atoms with van der Waals surface area (Å²) in [7, 11) is 0. The van der Waals surface area contributed by atoms with Crippen LogP contribution in [0.1, 0.15) is 28.1 Å². The fourth-order valence-corrected chi connectivity index (χ4v) is 2.67. The van der Waals surface area contributed by atoms with Crippen molar-refractivity contribution in [3.8, 4) is 0 Å². The second-order valence-electron chi connectivity index (χ2n) is 3.45. The normalized spacial score (nSPS) is 18.7. The van der Waals surface area contributed by atoms with Gasteiger partial charge in [0.25, 0.3) is 0 Å². The summed E-state index contributed by atoms with van der Waals surface area (Å²) in [5, 5.41) is 10.5. The van der Waals surface area contributed by atoms with Crippen LogP contribution in [0.3, 0.4) is 0 Å². The minimum atomic E-state index is -1.04. The predicted octanol–water partition coefficient (Wildman–Crippen LogP) is 2.28. The van der Waals surface area contributed by atoms with Crippen molar-refractivity contribution in [3.05, 3.63) is 33.5 Å². The molecule has 3 nitrogen and oxygen atoms in total. The summed E-state index contributed by atoms with van der Waals surface area (Å²) in [5.74, 6) is -1.16. The molecule has 0 bridgehead atoms. The number of carboxylic acids is 1. The SMILES string of the molecule is O=C(O)/C=C1/CCCc2sccc2C1=O. The molecule has 0 aromatic carbocycles. The molecule has 1 aliphatic carbocycles. The Hall–Kier alpha value is -1.42. The maximum atomic E-state index is 11.9. The van der Waals surface area contributed by atoms with Crippen LogP contribution >= 0.6 is 11.3 Å². The third-order valence-corrected chi connectivity index (χ3v) is 3.41. The molecule has 0 unspecified atom stereocenters. The Kier molecular flexibility index (Phi) is 2.68. The number of carbonyl (C=O) groups is 2. The Balaban J connectivity index is 2.41. The zero-order chi connectivity index (χ0) is 10.8. The molecule has 1 aromatic rings. The first kappa shape index (κ1) is 10.1.